The summed E-state index contributed by atoms with van der Waals surface area (Å²) in [5, 5.41) is 10.5. The molecule has 1 aromatic carbocycles. The summed E-state index contributed by atoms with van der Waals surface area (Å²) in [5.74, 6) is -0.109. The van der Waals surface area contributed by atoms with Crippen LogP contribution in [-0.2, 0) is 11.0 Å². The van der Waals surface area contributed by atoms with Gasteiger partial charge in [0.2, 0.25) is 5.91 Å². The molecule has 2 amide bonds. The van der Waals surface area contributed by atoms with Crippen LogP contribution >= 0.6 is 0 Å². The molecule has 1 aliphatic heterocycles. The quantitative estimate of drug-likeness (QED) is 0.776. The van der Waals surface area contributed by atoms with Gasteiger partial charge in [-0.3, -0.25) is 9.59 Å². The average Bonchev–Trinajstić information content (AvgIpc) is 3.11. The summed E-state index contributed by atoms with van der Waals surface area (Å²) in [7, 11) is 3.56. The van der Waals surface area contributed by atoms with E-state index in [2.05, 4.69) is 15.5 Å². The van der Waals surface area contributed by atoms with Crippen LogP contribution in [0.2, 0.25) is 0 Å². The lowest BCUT2D eigenvalue weighted by Gasteiger charge is -2.25. The summed E-state index contributed by atoms with van der Waals surface area (Å²) in [5.41, 5.74) is -0.525. The maximum absolute atomic E-state index is 13.2. The molecule has 0 radical (unpaired) electrons. The number of carbonyl (C=O) groups excluding carboxylic acids is 2. The Bertz CT molecular complexity index is 915. The number of hydrogen-bond acceptors (Lipinski definition) is 5. The van der Waals surface area contributed by atoms with Crippen LogP contribution in [0.1, 0.15) is 40.5 Å². The van der Waals surface area contributed by atoms with Gasteiger partial charge < -0.3 is 15.1 Å². The third-order valence-corrected chi connectivity index (χ3v) is 4.84. The number of aromatic nitrogens is 2. The molecule has 2 heterocycles. The normalized spacial score (nSPS) is 15.2. The molecule has 30 heavy (non-hydrogen) atoms. The number of amides is 2. The van der Waals surface area contributed by atoms with Gasteiger partial charge in [-0.2, -0.15) is 13.2 Å². The van der Waals surface area contributed by atoms with Crippen molar-refractivity contribution in [2.75, 3.05) is 32.1 Å². The molecule has 1 aromatic heterocycles. The van der Waals surface area contributed by atoms with E-state index in [9.17, 15) is 22.8 Å². The minimum Gasteiger partial charge on any atom is -0.361 e. The van der Waals surface area contributed by atoms with Crippen LogP contribution in [0.15, 0.2) is 36.4 Å². The Balaban J connectivity index is 1.86. The number of benzene rings is 1. The molecule has 1 saturated heterocycles. The number of nitrogens with one attached hydrogen (secondary N) is 1. The van der Waals surface area contributed by atoms with Gasteiger partial charge in [-0.15, -0.1) is 10.2 Å². The highest BCUT2D eigenvalue weighted by atomic mass is 19.4. The molecule has 1 aliphatic rings. The van der Waals surface area contributed by atoms with Gasteiger partial charge in [0.15, 0.2) is 11.5 Å². The Morgan fingerprint density at radius 3 is 2.57 bits per heavy atom. The van der Waals surface area contributed by atoms with Crippen molar-refractivity contribution < 1.29 is 22.8 Å². The second kappa shape index (κ2) is 8.68. The monoisotopic (exact) mass is 421 g/mol. The number of anilines is 1. The van der Waals surface area contributed by atoms with Crippen molar-refractivity contribution in [1.29, 1.82) is 0 Å². The van der Waals surface area contributed by atoms with Crippen LogP contribution in [0, 0.1) is 0 Å². The Labute approximate surface area is 171 Å². The van der Waals surface area contributed by atoms with Crippen LogP contribution in [-0.4, -0.2) is 54.1 Å². The summed E-state index contributed by atoms with van der Waals surface area (Å²) in [4.78, 5) is 28.0. The number of rotatable bonds is 6. The zero-order valence-electron chi connectivity index (χ0n) is 16.6. The molecule has 2 aromatic rings. The van der Waals surface area contributed by atoms with E-state index in [1.165, 1.54) is 18.2 Å². The maximum Gasteiger partial charge on any atom is 0.416 e. The Morgan fingerprint density at radius 1 is 1.23 bits per heavy atom. The second-order valence-electron chi connectivity index (χ2n) is 7.26. The molecule has 1 unspecified atom stereocenters. The zero-order chi connectivity index (χ0) is 21.9. The molecule has 10 heteroatoms. The van der Waals surface area contributed by atoms with Gasteiger partial charge in [0.05, 0.1) is 11.6 Å². The summed E-state index contributed by atoms with van der Waals surface area (Å²) in [6, 6.07) is 7.03. The summed E-state index contributed by atoms with van der Waals surface area (Å²) >= 11 is 0. The van der Waals surface area contributed by atoms with E-state index in [0.29, 0.717) is 25.2 Å². The average molecular weight is 421 g/mol. The van der Waals surface area contributed by atoms with Crippen molar-refractivity contribution in [3.8, 4) is 0 Å². The summed E-state index contributed by atoms with van der Waals surface area (Å²) in [6.45, 7) is 0.580. The highest BCUT2D eigenvalue weighted by Crippen LogP contribution is 2.31. The number of likely N-dealkylation sites (tertiary alicyclic amines) is 1. The van der Waals surface area contributed by atoms with E-state index >= 15 is 0 Å². The predicted molar refractivity (Wildman–Crippen MR) is 104 cm³/mol. The highest BCUT2D eigenvalue weighted by Gasteiger charge is 2.32. The summed E-state index contributed by atoms with van der Waals surface area (Å²) < 4.78 is 39.5. The fourth-order valence-electron chi connectivity index (χ4n) is 3.20. The van der Waals surface area contributed by atoms with E-state index in [1.54, 1.807) is 30.0 Å². The van der Waals surface area contributed by atoms with Crippen LogP contribution < -0.4 is 10.2 Å². The number of halogens is 3. The molecule has 7 nitrogen and oxygen atoms in total. The highest BCUT2D eigenvalue weighted by molar-refractivity contribution is 5.92. The van der Waals surface area contributed by atoms with Crippen LogP contribution in [0.5, 0.6) is 0 Å². The third kappa shape index (κ3) is 5.05. The lowest BCUT2D eigenvalue weighted by Crippen LogP contribution is -2.39. The van der Waals surface area contributed by atoms with Crippen molar-refractivity contribution in [2.24, 2.45) is 0 Å². The van der Waals surface area contributed by atoms with Gasteiger partial charge in [0.25, 0.3) is 5.91 Å². The minimum atomic E-state index is -4.51. The predicted octanol–water partition coefficient (Wildman–Crippen LogP) is 2.65. The molecule has 1 atom stereocenters. The largest absolute Gasteiger partial charge is 0.416 e. The van der Waals surface area contributed by atoms with Gasteiger partial charge in [-0.05, 0) is 36.2 Å². The van der Waals surface area contributed by atoms with Crippen molar-refractivity contribution >= 4 is 17.6 Å². The lowest BCUT2D eigenvalue weighted by molar-refractivity contribution is -0.137. The van der Waals surface area contributed by atoms with E-state index in [4.69, 9.17) is 0 Å². The van der Waals surface area contributed by atoms with Crippen LogP contribution in [0.25, 0.3) is 0 Å². The van der Waals surface area contributed by atoms with Gasteiger partial charge in [0, 0.05) is 33.6 Å². The van der Waals surface area contributed by atoms with Crippen molar-refractivity contribution in [3.05, 3.63) is 53.2 Å². The minimum absolute atomic E-state index is 0.0327. The fraction of sp³-hybridized carbons (Fsp3) is 0.400. The number of alkyl halides is 3. The van der Waals surface area contributed by atoms with Gasteiger partial charge in [-0.25, -0.2) is 0 Å². The van der Waals surface area contributed by atoms with Crippen molar-refractivity contribution in [2.45, 2.75) is 25.1 Å². The van der Waals surface area contributed by atoms with E-state index < -0.39 is 23.7 Å². The van der Waals surface area contributed by atoms with E-state index in [1.807, 2.05) is 0 Å². The number of nitrogens with zero attached hydrogens (tertiary/aromatic N) is 4. The van der Waals surface area contributed by atoms with Crippen molar-refractivity contribution in [3.63, 3.8) is 0 Å². The molecule has 0 aliphatic carbocycles. The smallest absolute Gasteiger partial charge is 0.361 e. The number of hydrogen-bond donors (Lipinski definition) is 1. The standard InChI is InChI=1S/C20H22F3N5O2/c1-27(2)17-9-8-15(25-26-17)19(30)24-16(12-28-10-4-7-18(28)29)13-5-3-6-14(11-13)20(21,22)23/h3,5-6,8-9,11,16H,4,7,10,12H2,1-2H3,(H,24,30). The van der Waals surface area contributed by atoms with Crippen LogP contribution in [0.3, 0.4) is 0 Å². The zero-order valence-corrected chi connectivity index (χ0v) is 16.6. The van der Waals surface area contributed by atoms with E-state index in [-0.39, 0.29) is 23.7 Å². The van der Waals surface area contributed by atoms with E-state index in [0.717, 1.165) is 12.1 Å². The Morgan fingerprint density at radius 2 is 2.00 bits per heavy atom. The fourth-order valence-corrected chi connectivity index (χ4v) is 3.20. The number of carbonyl (C=O) groups is 2. The maximum atomic E-state index is 13.2. The summed E-state index contributed by atoms with van der Waals surface area (Å²) in [6.07, 6.45) is -3.44. The van der Waals surface area contributed by atoms with Crippen molar-refractivity contribution in [1.82, 2.24) is 20.4 Å². The molecule has 1 fully saturated rings. The Kier molecular flexibility index (Phi) is 6.23. The first-order valence-corrected chi connectivity index (χ1v) is 9.42. The van der Waals surface area contributed by atoms with Gasteiger partial charge in [-0.1, -0.05) is 12.1 Å². The second-order valence-corrected chi connectivity index (χ2v) is 7.26. The molecular formula is C20H22F3N5O2. The molecule has 1 N–H and O–H groups in total. The SMILES string of the molecule is CN(C)c1ccc(C(=O)NC(CN2CCCC2=O)c2cccc(C(F)(F)F)c2)nn1. The molecule has 0 saturated carbocycles. The van der Waals surface area contributed by atoms with Crippen LogP contribution in [0.4, 0.5) is 19.0 Å². The molecular weight excluding hydrogens is 399 g/mol. The van der Waals surface area contributed by atoms with Gasteiger partial charge >= 0.3 is 6.18 Å². The van der Waals surface area contributed by atoms with Gasteiger partial charge in [0.1, 0.15) is 0 Å². The molecule has 3 rings (SSSR count). The first kappa shape index (κ1) is 21.5. The topological polar surface area (TPSA) is 78.4 Å². The third-order valence-electron chi connectivity index (χ3n) is 4.84. The first-order chi connectivity index (χ1) is 14.1. The molecule has 160 valence electrons. The lowest BCUT2D eigenvalue weighted by atomic mass is 10.0. The molecule has 0 bridgehead atoms. The first-order valence-electron chi connectivity index (χ1n) is 9.42. The Hall–Kier alpha value is -3.17. The molecule has 0 spiro atoms.